The normalized spacial score (nSPS) is 12.7. The van der Waals surface area contributed by atoms with Crippen LogP contribution in [0.1, 0.15) is 43.1 Å². The highest BCUT2D eigenvalue weighted by Crippen LogP contribution is 2.26. The molecule has 1 aromatic carbocycles. The third-order valence-electron chi connectivity index (χ3n) is 2.90. The summed E-state index contributed by atoms with van der Waals surface area (Å²) in [6.07, 6.45) is 0.185. The Kier molecular flexibility index (Phi) is 5.15. The third-order valence-corrected chi connectivity index (χ3v) is 3.70. The summed E-state index contributed by atoms with van der Waals surface area (Å²) < 4.78 is 5.78. The van der Waals surface area contributed by atoms with Crippen LogP contribution in [-0.4, -0.2) is 17.6 Å². The first-order valence-electron chi connectivity index (χ1n) is 7.02. The van der Waals surface area contributed by atoms with Gasteiger partial charge < -0.3 is 10.1 Å². The number of ether oxygens (including phenoxy) is 1. The predicted octanol–water partition coefficient (Wildman–Crippen LogP) is 3.94. The molecular formula is C16H22N2OS. The molecule has 1 atom stereocenters. The molecule has 0 aliphatic carbocycles. The number of hydrogen-bond acceptors (Lipinski definition) is 4. The van der Waals surface area contributed by atoms with Crippen molar-refractivity contribution in [3.05, 3.63) is 45.9 Å². The quantitative estimate of drug-likeness (QED) is 0.875. The molecule has 3 nitrogen and oxygen atoms in total. The van der Waals surface area contributed by atoms with Crippen LogP contribution in [0.15, 0.2) is 29.6 Å². The van der Waals surface area contributed by atoms with Crippen LogP contribution in [-0.2, 0) is 0 Å². The van der Waals surface area contributed by atoms with E-state index in [1.165, 1.54) is 5.56 Å². The lowest BCUT2D eigenvalue weighted by atomic mass is 10.0. The number of aryl methyl sites for hydroxylation is 1. The molecule has 0 bridgehead atoms. The standard InChI is InChI=1S/C16H22N2OS/c1-5-17-16(15-10-20-12(4)18-15)13-7-6-8-14(9-13)19-11(2)3/h6-11,16-17H,5H2,1-4H3. The van der Waals surface area contributed by atoms with Crippen molar-refractivity contribution in [3.63, 3.8) is 0 Å². The Hall–Kier alpha value is -1.39. The number of benzene rings is 1. The lowest BCUT2D eigenvalue weighted by Crippen LogP contribution is -2.22. The van der Waals surface area contributed by atoms with Crippen molar-refractivity contribution in [2.45, 2.75) is 39.8 Å². The van der Waals surface area contributed by atoms with Crippen molar-refractivity contribution in [3.8, 4) is 5.75 Å². The second-order valence-electron chi connectivity index (χ2n) is 5.02. The Morgan fingerprint density at radius 3 is 2.75 bits per heavy atom. The molecule has 0 saturated carbocycles. The van der Waals surface area contributed by atoms with Gasteiger partial charge in [0.15, 0.2) is 0 Å². The minimum Gasteiger partial charge on any atom is -0.491 e. The maximum absolute atomic E-state index is 5.78. The largest absolute Gasteiger partial charge is 0.491 e. The van der Waals surface area contributed by atoms with Crippen LogP contribution in [0.5, 0.6) is 5.75 Å². The number of thiazole rings is 1. The molecular weight excluding hydrogens is 268 g/mol. The van der Waals surface area contributed by atoms with Gasteiger partial charge in [-0.15, -0.1) is 11.3 Å². The van der Waals surface area contributed by atoms with E-state index in [1.54, 1.807) is 11.3 Å². The molecule has 0 aliphatic heterocycles. The molecule has 1 heterocycles. The Morgan fingerprint density at radius 2 is 2.15 bits per heavy atom. The van der Waals surface area contributed by atoms with E-state index in [4.69, 9.17) is 4.74 Å². The van der Waals surface area contributed by atoms with Gasteiger partial charge >= 0.3 is 0 Å². The first-order chi connectivity index (χ1) is 9.60. The van der Waals surface area contributed by atoms with Gasteiger partial charge in [-0.25, -0.2) is 4.98 Å². The zero-order valence-electron chi connectivity index (χ0n) is 12.5. The van der Waals surface area contributed by atoms with E-state index < -0.39 is 0 Å². The van der Waals surface area contributed by atoms with Crippen molar-refractivity contribution >= 4 is 11.3 Å². The smallest absolute Gasteiger partial charge is 0.120 e. The maximum Gasteiger partial charge on any atom is 0.120 e. The molecule has 0 aliphatic rings. The number of nitrogens with zero attached hydrogens (tertiary/aromatic N) is 1. The second-order valence-corrected chi connectivity index (χ2v) is 6.08. The number of rotatable bonds is 6. The summed E-state index contributed by atoms with van der Waals surface area (Å²) in [7, 11) is 0. The molecule has 0 radical (unpaired) electrons. The van der Waals surface area contributed by atoms with Crippen molar-refractivity contribution in [1.82, 2.24) is 10.3 Å². The van der Waals surface area contributed by atoms with Gasteiger partial charge in [-0.2, -0.15) is 0 Å². The van der Waals surface area contributed by atoms with E-state index in [2.05, 4.69) is 34.7 Å². The van der Waals surface area contributed by atoms with Crippen LogP contribution in [0.2, 0.25) is 0 Å². The second kappa shape index (κ2) is 6.86. The zero-order valence-corrected chi connectivity index (χ0v) is 13.3. The number of hydrogen-bond donors (Lipinski definition) is 1. The topological polar surface area (TPSA) is 34.1 Å². The van der Waals surface area contributed by atoms with E-state index >= 15 is 0 Å². The van der Waals surface area contributed by atoms with Crippen molar-refractivity contribution in [2.24, 2.45) is 0 Å². The molecule has 1 unspecified atom stereocenters. The average molecular weight is 290 g/mol. The molecule has 0 spiro atoms. The fraction of sp³-hybridized carbons (Fsp3) is 0.438. The van der Waals surface area contributed by atoms with Gasteiger partial charge in [0.2, 0.25) is 0 Å². The highest BCUT2D eigenvalue weighted by atomic mass is 32.1. The molecule has 1 aromatic heterocycles. The van der Waals surface area contributed by atoms with Crippen LogP contribution in [0, 0.1) is 6.92 Å². The van der Waals surface area contributed by atoms with E-state index in [-0.39, 0.29) is 12.1 Å². The summed E-state index contributed by atoms with van der Waals surface area (Å²) in [6, 6.07) is 8.38. The van der Waals surface area contributed by atoms with E-state index in [0.29, 0.717) is 0 Å². The highest BCUT2D eigenvalue weighted by molar-refractivity contribution is 7.09. The van der Waals surface area contributed by atoms with Crippen LogP contribution in [0.3, 0.4) is 0 Å². The number of aromatic nitrogens is 1. The maximum atomic E-state index is 5.78. The lowest BCUT2D eigenvalue weighted by Gasteiger charge is -2.18. The Bertz CT molecular complexity index is 551. The molecule has 2 rings (SSSR count). The fourth-order valence-corrected chi connectivity index (χ4v) is 2.79. The highest BCUT2D eigenvalue weighted by Gasteiger charge is 2.16. The molecule has 1 N–H and O–H groups in total. The van der Waals surface area contributed by atoms with Gasteiger partial charge in [0.05, 0.1) is 22.8 Å². The van der Waals surface area contributed by atoms with Crippen molar-refractivity contribution in [2.75, 3.05) is 6.54 Å². The summed E-state index contributed by atoms with van der Waals surface area (Å²) in [6.45, 7) is 9.13. The summed E-state index contributed by atoms with van der Waals surface area (Å²) in [5, 5.41) is 6.72. The third kappa shape index (κ3) is 3.81. The molecule has 0 amide bonds. The first kappa shape index (κ1) is 15.0. The molecule has 0 fully saturated rings. The Morgan fingerprint density at radius 1 is 1.35 bits per heavy atom. The van der Waals surface area contributed by atoms with Gasteiger partial charge in [-0.3, -0.25) is 0 Å². The predicted molar refractivity (Wildman–Crippen MR) is 84.6 cm³/mol. The molecule has 108 valence electrons. The molecule has 4 heteroatoms. The van der Waals surface area contributed by atoms with E-state index in [0.717, 1.165) is 23.0 Å². The molecule has 2 aromatic rings. The monoisotopic (exact) mass is 290 g/mol. The average Bonchev–Trinajstić information content (AvgIpc) is 2.82. The van der Waals surface area contributed by atoms with Crippen molar-refractivity contribution < 1.29 is 4.74 Å². The minimum atomic E-state index is 0.126. The fourth-order valence-electron chi connectivity index (χ4n) is 2.15. The SMILES string of the molecule is CCNC(c1cccc(OC(C)C)c1)c1csc(C)n1. The van der Waals surface area contributed by atoms with Gasteiger partial charge in [0.1, 0.15) is 5.75 Å². The van der Waals surface area contributed by atoms with Crippen LogP contribution < -0.4 is 10.1 Å². The van der Waals surface area contributed by atoms with Gasteiger partial charge in [-0.05, 0) is 45.0 Å². The molecule has 0 saturated heterocycles. The van der Waals surface area contributed by atoms with Crippen LogP contribution in [0.4, 0.5) is 0 Å². The molecule has 20 heavy (non-hydrogen) atoms. The van der Waals surface area contributed by atoms with E-state index in [9.17, 15) is 0 Å². The van der Waals surface area contributed by atoms with Crippen LogP contribution in [0.25, 0.3) is 0 Å². The number of nitrogens with one attached hydrogen (secondary N) is 1. The minimum absolute atomic E-state index is 0.126. The van der Waals surface area contributed by atoms with Crippen molar-refractivity contribution in [1.29, 1.82) is 0 Å². The summed E-state index contributed by atoms with van der Waals surface area (Å²) in [5.41, 5.74) is 2.27. The zero-order chi connectivity index (χ0) is 14.5. The first-order valence-corrected chi connectivity index (χ1v) is 7.90. The van der Waals surface area contributed by atoms with Gasteiger partial charge in [-0.1, -0.05) is 19.1 Å². The van der Waals surface area contributed by atoms with E-state index in [1.807, 2.05) is 32.9 Å². The summed E-state index contributed by atoms with van der Waals surface area (Å²) in [5.74, 6) is 0.910. The van der Waals surface area contributed by atoms with Crippen LogP contribution >= 0.6 is 11.3 Å². The Balaban J connectivity index is 2.29. The Labute approximate surface area is 125 Å². The summed E-state index contributed by atoms with van der Waals surface area (Å²) in [4.78, 5) is 4.61. The summed E-state index contributed by atoms with van der Waals surface area (Å²) >= 11 is 1.69. The van der Waals surface area contributed by atoms with Gasteiger partial charge in [0, 0.05) is 5.38 Å². The lowest BCUT2D eigenvalue weighted by molar-refractivity contribution is 0.242. The van der Waals surface area contributed by atoms with Gasteiger partial charge in [0.25, 0.3) is 0 Å².